The number of hydrogen-bond acceptors (Lipinski definition) is 5. The summed E-state index contributed by atoms with van der Waals surface area (Å²) < 4.78 is 38.3. The molecule has 3 rings (SSSR count). The van der Waals surface area contributed by atoms with Gasteiger partial charge in [-0.15, -0.1) is 0 Å². The summed E-state index contributed by atoms with van der Waals surface area (Å²) in [5.74, 6) is -1.20. The highest BCUT2D eigenvalue weighted by Crippen LogP contribution is 2.33. The molecule has 8 nitrogen and oxygen atoms in total. The highest BCUT2D eigenvalue weighted by atomic mass is 32.2. The molecular weight excluding hydrogens is 312 g/mol. The molecule has 2 fully saturated rings. The molecule has 2 aliphatic rings. The third kappa shape index (κ3) is 2.54. The first-order chi connectivity index (χ1) is 10.2. The fourth-order valence-corrected chi connectivity index (χ4v) is 4.67. The number of aromatic nitrogens is 1. The number of ether oxygens (including phenoxy) is 2. The Kier molecular flexibility index (Phi) is 3.55. The summed E-state index contributed by atoms with van der Waals surface area (Å²) >= 11 is 0. The minimum atomic E-state index is -3.82. The van der Waals surface area contributed by atoms with Crippen molar-refractivity contribution in [1.82, 2.24) is 9.29 Å². The molecule has 122 valence electrons. The number of fused-ring (bicyclic) bond motifs is 1. The molecule has 1 aromatic rings. The summed E-state index contributed by atoms with van der Waals surface area (Å²) in [6.07, 6.45) is 0.892. The van der Waals surface area contributed by atoms with Gasteiger partial charge in [0.05, 0.1) is 24.9 Å². The average molecular weight is 330 g/mol. The van der Waals surface area contributed by atoms with Gasteiger partial charge in [-0.2, -0.15) is 4.31 Å². The number of H-pyrrole nitrogens is 1. The number of nitrogens with zero attached hydrogens (tertiary/aromatic N) is 1. The van der Waals surface area contributed by atoms with Crippen LogP contribution in [-0.4, -0.2) is 66.3 Å². The predicted molar refractivity (Wildman–Crippen MR) is 75.2 cm³/mol. The molecule has 1 aromatic heterocycles. The number of carboxylic acids is 1. The number of sulfonamides is 1. The third-order valence-electron chi connectivity index (χ3n) is 3.87. The minimum absolute atomic E-state index is 0.0618. The standard InChI is InChI=1S/C13H18N2O6S/c1-13(2)7-15(10-5-20-6-11(10)21-13)22(18,19)8-3-9(12(16)17)14-4-8/h3-4,10-11,14H,5-7H2,1-2H3,(H,16,17)/t10-,11-/m1/s1. The second kappa shape index (κ2) is 5.05. The molecule has 9 heteroatoms. The van der Waals surface area contributed by atoms with Crippen molar-refractivity contribution in [3.05, 3.63) is 18.0 Å². The number of morpholine rings is 1. The fraction of sp³-hybridized carbons (Fsp3) is 0.615. The Morgan fingerprint density at radius 3 is 2.82 bits per heavy atom. The number of carbonyl (C=O) groups is 1. The molecule has 0 aliphatic carbocycles. The molecule has 2 atom stereocenters. The minimum Gasteiger partial charge on any atom is -0.477 e. The van der Waals surface area contributed by atoms with Gasteiger partial charge in [-0.05, 0) is 19.9 Å². The summed E-state index contributed by atoms with van der Waals surface area (Å²) in [6.45, 7) is 4.46. The van der Waals surface area contributed by atoms with E-state index in [4.69, 9.17) is 14.6 Å². The lowest BCUT2D eigenvalue weighted by Crippen LogP contribution is -2.59. The van der Waals surface area contributed by atoms with E-state index in [-0.39, 0.29) is 35.9 Å². The molecule has 2 aliphatic heterocycles. The van der Waals surface area contributed by atoms with E-state index in [1.807, 2.05) is 13.8 Å². The summed E-state index contributed by atoms with van der Waals surface area (Å²) in [5, 5.41) is 8.93. The van der Waals surface area contributed by atoms with Crippen molar-refractivity contribution in [3.63, 3.8) is 0 Å². The maximum atomic E-state index is 12.9. The molecule has 0 amide bonds. The van der Waals surface area contributed by atoms with E-state index in [1.165, 1.54) is 10.5 Å². The van der Waals surface area contributed by atoms with Crippen LogP contribution >= 0.6 is 0 Å². The predicted octanol–water partition coefficient (Wildman–Crippen LogP) is 0.280. The number of nitrogens with one attached hydrogen (secondary N) is 1. The van der Waals surface area contributed by atoms with Crippen molar-refractivity contribution in [3.8, 4) is 0 Å². The second-order valence-electron chi connectivity index (χ2n) is 6.13. The van der Waals surface area contributed by atoms with Crippen molar-refractivity contribution >= 4 is 16.0 Å². The van der Waals surface area contributed by atoms with Crippen molar-refractivity contribution in [2.24, 2.45) is 0 Å². The molecule has 0 unspecified atom stereocenters. The molecular formula is C13H18N2O6S. The molecule has 0 bridgehead atoms. The van der Waals surface area contributed by atoms with Crippen LogP contribution in [0.3, 0.4) is 0 Å². The zero-order valence-corrected chi connectivity index (χ0v) is 13.1. The Hall–Kier alpha value is -1.42. The van der Waals surface area contributed by atoms with Crippen LogP contribution in [0, 0.1) is 0 Å². The molecule has 2 saturated heterocycles. The topological polar surface area (TPSA) is 109 Å². The summed E-state index contributed by atoms with van der Waals surface area (Å²) in [7, 11) is -3.82. The van der Waals surface area contributed by atoms with Crippen LogP contribution in [0.15, 0.2) is 17.2 Å². The quantitative estimate of drug-likeness (QED) is 0.824. The van der Waals surface area contributed by atoms with Crippen LogP contribution in [0.5, 0.6) is 0 Å². The highest BCUT2D eigenvalue weighted by Gasteiger charge is 2.49. The van der Waals surface area contributed by atoms with Gasteiger partial charge in [0.15, 0.2) is 0 Å². The van der Waals surface area contributed by atoms with Crippen LogP contribution in [0.4, 0.5) is 0 Å². The summed E-state index contributed by atoms with van der Waals surface area (Å²) in [6, 6.07) is 0.742. The third-order valence-corrected chi connectivity index (χ3v) is 5.72. The van der Waals surface area contributed by atoms with Gasteiger partial charge in [0.1, 0.15) is 16.7 Å². The number of aromatic carboxylic acids is 1. The van der Waals surface area contributed by atoms with Crippen molar-refractivity contribution in [2.45, 2.75) is 36.5 Å². The highest BCUT2D eigenvalue weighted by molar-refractivity contribution is 7.89. The Balaban J connectivity index is 1.97. The van der Waals surface area contributed by atoms with Crippen molar-refractivity contribution in [1.29, 1.82) is 0 Å². The van der Waals surface area contributed by atoms with Crippen LogP contribution in [0.1, 0.15) is 24.3 Å². The largest absolute Gasteiger partial charge is 0.477 e. The second-order valence-corrected chi connectivity index (χ2v) is 8.02. The van der Waals surface area contributed by atoms with Gasteiger partial charge in [-0.1, -0.05) is 0 Å². The van der Waals surface area contributed by atoms with Crippen LogP contribution in [0.25, 0.3) is 0 Å². The number of aromatic amines is 1. The number of hydrogen-bond donors (Lipinski definition) is 2. The molecule has 2 N–H and O–H groups in total. The summed E-state index contributed by atoms with van der Waals surface area (Å²) in [4.78, 5) is 13.3. The van der Waals surface area contributed by atoms with Crippen molar-refractivity contribution in [2.75, 3.05) is 19.8 Å². The Labute approximate surface area is 128 Å². The van der Waals surface area contributed by atoms with Crippen LogP contribution < -0.4 is 0 Å². The summed E-state index contributed by atoms with van der Waals surface area (Å²) in [5.41, 5.74) is -0.793. The van der Waals surface area contributed by atoms with Crippen molar-refractivity contribution < 1.29 is 27.8 Å². The van der Waals surface area contributed by atoms with Gasteiger partial charge < -0.3 is 19.6 Å². The maximum absolute atomic E-state index is 12.9. The lowest BCUT2D eigenvalue weighted by atomic mass is 10.0. The van der Waals surface area contributed by atoms with E-state index in [2.05, 4.69) is 4.98 Å². The van der Waals surface area contributed by atoms with E-state index in [0.717, 1.165) is 6.07 Å². The zero-order chi connectivity index (χ0) is 16.1. The molecule has 0 aromatic carbocycles. The monoisotopic (exact) mass is 330 g/mol. The molecule has 0 radical (unpaired) electrons. The Bertz CT molecular complexity index is 695. The maximum Gasteiger partial charge on any atom is 0.352 e. The lowest BCUT2D eigenvalue weighted by Gasteiger charge is -2.43. The Morgan fingerprint density at radius 2 is 2.18 bits per heavy atom. The SMILES string of the molecule is CC1(C)CN(S(=O)(=O)c2c[nH]c(C(=O)O)c2)[C@@H]2COC[C@H]2O1. The first kappa shape index (κ1) is 15.5. The normalized spacial score (nSPS) is 28.5. The van der Waals surface area contributed by atoms with E-state index in [0.29, 0.717) is 6.61 Å². The average Bonchev–Trinajstić information content (AvgIpc) is 3.04. The van der Waals surface area contributed by atoms with E-state index < -0.39 is 21.6 Å². The lowest BCUT2D eigenvalue weighted by molar-refractivity contribution is -0.128. The number of rotatable bonds is 3. The molecule has 0 saturated carbocycles. The molecule has 0 spiro atoms. The molecule has 3 heterocycles. The first-order valence-electron chi connectivity index (χ1n) is 6.90. The van der Waals surface area contributed by atoms with Crippen LogP contribution in [0.2, 0.25) is 0 Å². The van der Waals surface area contributed by atoms with Gasteiger partial charge in [0.2, 0.25) is 10.0 Å². The Morgan fingerprint density at radius 1 is 1.45 bits per heavy atom. The van der Waals surface area contributed by atoms with E-state index >= 15 is 0 Å². The zero-order valence-electron chi connectivity index (χ0n) is 12.3. The molecule has 22 heavy (non-hydrogen) atoms. The smallest absolute Gasteiger partial charge is 0.352 e. The van der Waals surface area contributed by atoms with Crippen LogP contribution in [-0.2, 0) is 19.5 Å². The van der Waals surface area contributed by atoms with Gasteiger partial charge in [0, 0.05) is 12.7 Å². The van der Waals surface area contributed by atoms with E-state index in [9.17, 15) is 13.2 Å². The van der Waals surface area contributed by atoms with Gasteiger partial charge in [0.25, 0.3) is 0 Å². The fourth-order valence-electron chi connectivity index (χ4n) is 2.89. The van der Waals surface area contributed by atoms with Gasteiger partial charge in [-0.3, -0.25) is 0 Å². The van der Waals surface area contributed by atoms with Gasteiger partial charge >= 0.3 is 5.97 Å². The van der Waals surface area contributed by atoms with Gasteiger partial charge in [-0.25, -0.2) is 13.2 Å². The number of carboxylic acid groups (broad SMARTS) is 1. The first-order valence-corrected chi connectivity index (χ1v) is 8.34. The van der Waals surface area contributed by atoms with E-state index in [1.54, 1.807) is 0 Å².